The minimum absolute atomic E-state index is 0.242. The van der Waals surface area contributed by atoms with Crippen molar-refractivity contribution in [1.29, 1.82) is 0 Å². The van der Waals surface area contributed by atoms with Crippen LogP contribution >= 0.6 is 0 Å². The first kappa shape index (κ1) is 12.9. The summed E-state index contributed by atoms with van der Waals surface area (Å²) in [6.45, 7) is 3.67. The molecule has 1 unspecified atom stereocenters. The van der Waals surface area contributed by atoms with Crippen molar-refractivity contribution in [1.82, 2.24) is 4.90 Å². The molecule has 2 aliphatic heterocycles. The van der Waals surface area contributed by atoms with E-state index >= 15 is 0 Å². The average molecular weight is 283 g/mol. The molecule has 1 aromatic carbocycles. The quantitative estimate of drug-likeness (QED) is 0.826. The van der Waals surface area contributed by atoms with Gasteiger partial charge in [0.15, 0.2) is 0 Å². The molecule has 4 rings (SSSR count). The lowest BCUT2D eigenvalue weighted by molar-refractivity contribution is -0.125. The van der Waals surface area contributed by atoms with Crippen LogP contribution in [-0.2, 0) is 4.79 Å². The van der Waals surface area contributed by atoms with Crippen molar-refractivity contribution in [2.45, 2.75) is 25.3 Å². The maximum atomic E-state index is 11.9. The number of hydrogen-bond donors (Lipinski definition) is 2. The Morgan fingerprint density at radius 2 is 2.29 bits per heavy atom. The van der Waals surface area contributed by atoms with Crippen LogP contribution in [0.2, 0.25) is 0 Å². The van der Waals surface area contributed by atoms with Crippen molar-refractivity contribution >= 4 is 17.2 Å². The van der Waals surface area contributed by atoms with Gasteiger partial charge in [-0.3, -0.25) is 9.69 Å². The molecular formula is C17H21N3O. The fourth-order valence-corrected chi connectivity index (χ4v) is 4.28. The first-order valence-corrected chi connectivity index (χ1v) is 7.60. The summed E-state index contributed by atoms with van der Waals surface area (Å²) < 4.78 is 0. The lowest BCUT2D eigenvalue weighted by Gasteiger charge is -2.45. The third-order valence-electron chi connectivity index (χ3n) is 5.38. The number of primary amides is 1. The first-order valence-electron chi connectivity index (χ1n) is 7.60. The molecule has 4 nitrogen and oxygen atoms in total. The summed E-state index contributed by atoms with van der Waals surface area (Å²) in [5, 5.41) is 3.51. The third kappa shape index (κ3) is 1.69. The minimum Gasteiger partial charge on any atom is -0.384 e. The second-order valence-corrected chi connectivity index (χ2v) is 6.89. The van der Waals surface area contributed by atoms with Gasteiger partial charge in [0, 0.05) is 30.7 Å². The Morgan fingerprint density at radius 1 is 1.48 bits per heavy atom. The standard InChI is InChI=1S/C17H21N3O/c1-17(16(18)21)7-12-11-4-3-5-13-15(11)10(8-19-13)6-14(12)20(2)9-17/h3-5,7,10,14,19H,6,8-9H2,1-2H3,(H2,18,21)/t10?,14-,17+/m1/s1. The molecule has 1 amide bonds. The van der Waals surface area contributed by atoms with Crippen LogP contribution in [0.15, 0.2) is 24.3 Å². The highest BCUT2D eigenvalue weighted by atomic mass is 16.1. The number of benzene rings is 1. The number of anilines is 1. The van der Waals surface area contributed by atoms with E-state index in [0.717, 1.165) is 13.0 Å². The lowest BCUT2D eigenvalue weighted by Crippen LogP contribution is -2.51. The average Bonchev–Trinajstić information content (AvgIpc) is 2.85. The van der Waals surface area contributed by atoms with Gasteiger partial charge in [-0.15, -0.1) is 0 Å². The Labute approximate surface area is 125 Å². The van der Waals surface area contributed by atoms with Crippen LogP contribution in [0.25, 0.3) is 5.57 Å². The van der Waals surface area contributed by atoms with Crippen molar-refractivity contribution in [2.75, 3.05) is 25.5 Å². The summed E-state index contributed by atoms with van der Waals surface area (Å²) in [7, 11) is 2.11. The summed E-state index contributed by atoms with van der Waals surface area (Å²) in [6, 6.07) is 6.84. The van der Waals surface area contributed by atoms with E-state index in [2.05, 4.69) is 41.5 Å². The van der Waals surface area contributed by atoms with Crippen LogP contribution in [0.3, 0.4) is 0 Å². The fourth-order valence-electron chi connectivity index (χ4n) is 4.28. The van der Waals surface area contributed by atoms with Crippen molar-refractivity contribution < 1.29 is 4.79 Å². The largest absolute Gasteiger partial charge is 0.384 e. The van der Waals surface area contributed by atoms with Gasteiger partial charge in [-0.25, -0.2) is 0 Å². The fraction of sp³-hybridized carbons (Fsp3) is 0.471. The number of carbonyl (C=O) groups is 1. The van der Waals surface area contributed by atoms with Crippen molar-refractivity contribution in [3.05, 3.63) is 35.4 Å². The van der Waals surface area contributed by atoms with E-state index in [1.54, 1.807) is 0 Å². The van der Waals surface area contributed by atoms with Crippen LogP contribution in [-0.4, -0.2) is 37.0 Å². The summed E-state index contributed by atoms with van der Waals surface area (Å²) in [6.07, 6.45) is 3.25. The van der Waals surface area contributed by atoms with E-state index < -0.39 is 5.41 Å². The van der Waals surface area contributed by atoms with Gasteiger partial charge < -0.3 is 11.1 Å². The van der Waals surface area contributed by atoms with Gasteiger partial charge in [-0.05, 0) is 43.2 Å². The maximum Gasteiger partial charge on any atom is 0.228 e. The Morgan fingerprint density at radius 3 is 3.05 bits per heavy atom. The number of nitrogens with zero attached hydrogens (tertiary/aromatic N) is 1. The van der Waals surface area contributed by atoms with Crippen LogP contribution in [0, 0.1) is 5.41 Å². The van der Waals surface area contributed by atoms with Crippen molar-refractivity contribution in [2.24, 2.45) is 11.1 Å². The number of nitrogens with one attached hydrogen (secondary N) is 1. The monoisotopic (exact) mass is 283 g/mol. The van der Waals surface area contributed by atoms with Gasteiger partial charge in [-0.2, -0.15) is 0 Å². The zero-order valence-corrected chi connectivity index (χ0v) is 12.5. The number of rotatable bonds is 1. The van der Waals surface area contributed by atoms with E-state index in [9.17, 15) is 4.79 Å². The molecule has 0 spiro atoms. The van der Waals surface area contributed by atoms with Gasteiger partial charge in [-0.1, -0.05) is 18.2 Å². The second kappa shape index (κ2) is 4.10. The van der Waals surface area contributed by atoms with Crippen LogP contribution < -0.4 is 11.1 Å². The number of amides is 1. The molecule has 2 heterocycles. The van der Waals surface area contributed by atoms with E-state index in [1.165, 1.54) is 22.4 Å². The lowest BCUT2D eigenvalue weighted by atomic mass is 9.71. The van der Waals surface area contributed by atoms with E-state index in [1.807, 2.05) is 6.92 Å². The van der Waals surface area contributed by atoms with Crippen LogP contribution in [0.5, 0.6) is 0 Å². The van der Waals surface area contributed by atoms with Gasteiger partial charge in [0.25, 0.3) is 0 Å². The summed E-state index contributed by atoms with van der Waals surface area (Å²) >= 11 is 0. The van der Waals surface area contributed by atoms with Gasteiger partial charge >= 0.3 is 0 Å². The predicted octanol–water partition coefficient (Wildman–Crippen LogP) is 1.79. The van der Waals surface area contributed by atoms with Gasteiger partial charge in [0.05, 0.1) is 5.41 Å². The summed E-state index contributed by atoms with van der Waals surface area (Å²) in [5.74, 6) is 0.340. The normalized spacial score (nSPS) is 33.7. The molecule has 0 radical (unpaired) electrons. The van der Waals surface area contributed by atoms with Crippen molar-refractivity contribution in [3.63, 3.8) is 0 Å². The zero-order valence-electron chi connectivity index (χ0n) is 12.5. The van der Waals surface area contributed by atoms with Gasteiger partial charge in [0.2, 0.25) is 5.91 Å². The molecule has 0 bridgehead atoms. The number of hydrogen-bond acceptors (Lipinski definition) is 3. The number of nitrogens with two attached hydrogens (primary N) is 1. The molecule has 0 aromatic heterocycles. The summed E-state index contributed by atoms with van der Waals surface area (Å²) in [5.41, 5.74) is 10.3. The smallest absolute Gasteiger partial charge is 0.228 e. The Balaban J connectivity index is 1.92. The molecule has 21 heavy (non-hydrogen) atoms. The Hall–Kier alpha value is -1.81. The topological polar surface area (TPSA) is 58.4 Å². The molecule has 0 saturated heterocycles. The van der Waals surface area contributed by atoms with E-state index in [-0.39, 0.29) is 5.91 Å². The second-order valence-electron chi connectivity index (χ2n) is 6.89. The molecule has 3 aliphatic rings. The molecular weight excluding hydrogens is 262 g/mol. The molecule has 3 N–H and O–H groups in total. The summed E-state index contributed by atoms with van der Waals surface area (Å²) in [4.78, 5) is 14.2. The van der Waals surface area contributed by atoms with Crippen molar-refractivity contribution in [3.8, 4) is 0 Å². The SMILES string of the molecule is CN1C[C@@](C)(C(N)=O)C=C2c3cccc4c3C(CN4)C[C@H]21. The van der Waals surface area contributed by atoms with Crippen LogP contribution in [0.4, 0.5) is 5.69 Å². The molecule has 1 aromatic rings. The minimum atomic E-state index is -0.581. The maximum absolute atomic E-state index is 11.9. The van der Waals surface area contributed by atoms with Gasteiger partial charge in [0.1, 0.15) is 0 Å². The number of fused-ring (bicyclic) bond motifs is 2. The predicted molar refractivity (Wildman–Crippen MR) is 84.0 cm³/mol. The number of carbonyl (C=O) groups excluding carboxylic acids is 1. The third-order valence-corrected chi connectivity index (χ3v) is 5.38. The Bertz CT molecular complexity index is 666. The van der Waals surface area contributed by atoms with Crippen LogP contribution in [0.1, 0.15) is 30.4 Å². The molecule has 1 aliphatic carbocycles. The highest BCUT2D eigenvalue weighted by molar-refractivity contribution is 5.89. The highest BCUT2D eigenvalue weighted by Crippen LogP contribution is 2.49. The highest BCUT2D eigenvalue weighted by Gasteiger charge is 2.44. The first-order chi connectivity index (χ1) is 9.99. The molecule has 3 atom stereocenters. The Kier molecular flexibility index (Phi) is 2.52. The molecule has 110 valence electrons. The van der Waals surface area contributed by atoms with E-state index in [0.29, 0.717) is 18.5 Å². The molecule has 4 heteroatoms. The zero-order chi connectivity index (χ0) is 14.8. The number of likely N-dealkylation sites (N-methyl/N-ethyl adjacent to an activating group) is 1. The van der Waals surface area contributed by atoms with E-state index in [4.69, 9.17) is 5.73 Å². The molecule has 0 saturated carbocycles. The molecule has 0 fully saturated rings.